The van der Waals surface area contributed by atoms with Crippen LogP contribution in [0.5, 0.6) is 5.75 Å². The van der Waals surface area contributed by atoms with Crippen LogP contribution in [0, 0.1) is 0 Å². The second-order valence-electron chi connectivity index (χ2n) is 4.28. The summed E-state index contributed by atoms with van der Waals surface area (Å²) in [7, 11) is 0. The molecule has 100 valence electrons. The Kier molecular flexibility index (Phi) is 5.11. The second kappa shape index (κ2) is 6.83. The SMILES string of the molecule is CCOc1ccc(NCN2CCNCC2)cc1Cl. The maximum Gasteiger partial charge on any atom is 0.138 e. The molecule has 2 N–H and O–H groups in total. The van der Waals surface area contributed by atoms with Gasteiger partial charge in [0.2, 0.25) is 0 Å². The molecule has 0 aliphatic carbocycles. The van der Waals surface area contributed by atoms with E-state index >= 15 is 0 Å². The summed E-state index contributed by atoms with van der Waals surface area (Å²) in [6.07, 6.45) is 0. The first-order valence-corrected chi connectivity index (χ1v) is 6.76. The van der Waals surface area contributed by atoms with Crippen molar-refractivity contribution in [2.75, 3.05) is 44.8 Å². The van der Waals surface area contributed by atoms with Crippen LogP contribution in [-0.2, 0) is 0 Å². The molecule has 1 aromatic rings. The van der Waals surface area contributed by atoms with Gasteiger partial charge in [0.1, 0.15) is 5.75 Å². The second-order valence-corrected chi connectivity index (χ2v) is 4.69. The number of halogens is 1. The molecule has 1 saturated heterocycles. The Morgan fingerprint density at radius 3 is 2.83 bits per heavy atom. The van der Waals surface area contributed by atoms with Crippen LogP contribution in [0.2, 0.25) is 5.02 Å². The van der Waals surface area contributed by atoms with Crippen molar-refractivity contribution in [2.24, 2.45) is 0 Å². The zero-order valence-corrected chi connectivity index (χ0v) is 11.5. The molecule has 1 aliphatic rings. The van der Waals surface area contributed by atoms with E-state index in [1.807, 2.05) is 25.1 Å². The molecule has 1 aromatic carbocycles. The van der Waals surface area contributed by atoms with Gasteiger partial charge in [0.25, 0.3) is 0 Å². The smallest absolute Gasteiger partial charge is 0.138 e. The first kappa shape index (κ1) is 13.5. The zero-order chi connectivity index (χ0) is 12.8. The monoisotopic (exact) mass is 269 g/mol. The molecule has 4 nitrogen and oxygen atoms in total. The van der Waals surface area contributed by atoms with Crippen LogP contribution in [0.3, 0.4) is 0 Å². The normalized spacial score (nSPS) is 16.6. The van der Waals surface area contributed by atoms with Gasteiger partial charge in [-0.3, -0.25) is 4.90 Å². The Bertz CT molecular complexity index is 380. The van der Waals surface area contributed by atoms with E-state index in [0.29, 0.717) is 11.6 Å². The lowest BCUT2D eigenvalue weighted by molar-refractivity contribution is 0.256. The Morgan fingerprint density at radius 2 is 2.17 bits per heavy atom. The highest BCUT2D eigenvalue weighted by atomic mass is 35.5. The van der Waals surface area contributed by atoms with Crippen molar-refractivity contribution in [1.82, 2.24) is 10.2 Å². The van der Waals surface area contributed by atoms with Gasteiger partial charge in [0, 0.05) is 31.9 Å². The summed E-state index contributed by atoms with van der Waals surface area (Å²) in [6.45, 7) is 7.72. The Hall–Kier alpha value is -0.970. The van der Waals surface area contributed by atoms with Gasteiger partial charge in [-0.2, -0.15) is 0 Å². The lowest BCUT2D eigenvalue weighted by Gasteiger charge is -2.27. The summed E-state index contributed by atoms with van der Waals surface area (Å²) in [4.78, 5) is 2.38. The molecular weight excluding hydrogens is 250 g/mol. The molecule has 5 heteroatoms. The molecular formula is C13H20ClN3O. The molecule has 0 radical (unpaired) electrons. The van der Waals surface area contributed by atoms with E-state index < -0.39 is 0 Å². The van der Waals surface area contributed by atoms with E-state index in [-0.39, 0.29) is 0 Å². The van der Waals surface area contributed by atoms with Crippen LogP contribution in [0.1, 0.15) is 6.92 Å². The summed E-state index contributed by atoms with van der Waals surface area (Å²) >= 11 is 6.14. The molecule has 1 fully saturated rings. The third kappa shape index (κ3) is 3.77. The fraction of sp³-hybridized carbons (Fsp3) is 0.538. The number of benzene rings is 1. The van der Waals surface area contributed by atoms with Crippen molar-refractivity contribution in [1.29, 1.82) is 0 Å². The minimum atomic E-state index is 0.632. The van der Waals surface area contributed by atoms with Gasteiger partial charge < -0.3 is 15.4 Å². The minimum absolute atomic E-state index is 0.632. The van der Waals surface area contributed by atoms with E-state index in [1.165, 1.54) is 0 Å². The van der Waals surface area contributed by atoms with Crippen molar-refractivity contribution in [3.8, 4) is 5.75 Å². The lowest BCUT2D eigenvalue weighted by atomic mass is 10.3. The van der Waals surface area contributed by atoms with E-state index in [9.17, 15) is 0 Å². The van der Waals surface area contributed by atoms with Crippen molar-refractivity contribution >= 4 is 17.3 Å². The van der Waals surface area contributed by atoms with Crippen LogP contribution >= 0.6 is 11.6 Å². The van der Waals surface area contributed by atoms with Crippen molar-refractivity contribution in [3.63, 3.8) is 0 Å². The third-order valence-electron chi connectivity index (χ3n) is 2.95. The zero-order valence-electron chi connectivity index (χ0n) is 10.7. The fourth-order valence-electron chi connectivity index (χ4n) is 1.96. The van der Waals surface area contributed by atoms with Crippen LogP contribution in [0.25, 0.3) is 0 Å². The van der Waals surface area contributed by atoms with Gasteiger partial charge >= 0.3 is 0 Å². The largest absolute Gasteiger partial charge is 0.492 e. The van der Waals surface area contributed by atoms with Gasteiger partial charge in [-0.15, -0.1) is 0 Å². The number of nitrogens with zero attached hydrogens (tertiary/aromatic N) is 1. The number of anilines is 1. The highest BCUT2D eigenvalue weighted by molar-refractivity contribution is 6.32. The molecule has 2 rings (SSSR count). The minimum Gasteiger partial charge on any atom is -0.492 e. The number of rotatable bonds is 5. The molecule has 0 saturated carbocycles. The average molecular weight is 270 g/mol. The van der Waals surface area contributed by atoms with Crippen molar-refractivity contribution in [2.45, 2.75) is 6.92 Å². The Balaban J connectivity index is 1.87. The van der Waals surface area contributed by atoms with Gasteiger partial charge in [0.05, 0.1) is 18.3 Å². The first-order valence-electron chi connectivity index (χ1n) is 6.39. The van der Waals surface area contributed by atoms with Crippen molar-refractivity contribution < 1.29 is 4.74 Å². The van der Waals surface area contributed by atoms with E-state index in [2.05, 4.69) is 15.5 Å². The molecule has 0 atom stereocenters. The first-order chi connectivity index (χ1) is 8.79. The quantitative estimate of drug-likeness (QED) is 0.858. The van der Waals surface area contributed by atoms with Crippen LogP contribution < -0.4 is 15.4 Å². The van der Waals surface area contributed by atoms with Crippen LogP contribution in [0.15, 0.2) is 18.2 Å². The summed E-state index contributed by atoms with van der Waals surface area (Å²) in [5.74, 6) is 0.742. The molecule has 1 heterocycles. The average Bonchev–Trinajstić information content (AvgIpc) is 2.41. The number of nitrogens with one attached hydrogen (secondary N) is 2. The number of hydrogen-bond donors (Lipinski definition) is 2. The van der Waals surface area contributed by atoms with Crippen molar-refractivity contribution in [3.05, 3.63) is 23.2 Å². The van der Waals surface area contributed by atoms with Crippen LogP contribution in [-0.4, -0.2) is 44.4 Å². The summed E-state index contributed by atoms with van der Waals surface area (Å²) in [6, 6.07) is 5.82. The van der Waals surface area contributed by atoms with E-state index in [4.69, 9.17) is 16.3 Å². The summed E-state index contributed by atoms with van der Waals surface area (Å²) < 4.78 is 5.41. The summed E-state index contributed by atoms with van der Waals surface area (Å²) in [5.41, 5.74) is 1.03. The van der Waals surface area contributed by atoms with Gasteiger partial charge in [-0.05, 0) is 25.1 Å². The predicted octanol–water partition coefficient (Wildman–Crippen LogP) is 2.01. The van der Waals surface area contributed by atoms with Gasteiger partial charge in [-0.25, -0.2) is 0 Å². The number of piperazine rings is 1. The molecule has 0 aromatic heterocycles. The Labute approximate surface area is 113 Å². The highest BCUT2D eigenvalue weighted by Gasteiger charge is 2.09. The molecule has 0 spiro atoms. The van der Waals surface area contributed by atoms with Gasteiger partial charge in [-0.1, -0.05) is 11.6 Å². The topological polar surface area (TPSA) is 36.5 Å². The molecule has 0 amide bonds. The molecule has 18 heavy (non-hydrogen) atoms. The predicted molar refractivity (Wildman–Crippen MR) is 75.6 cm³/mol. The van der Waals surface area contributed by atoms with E-state index in [0.717, 1.165) is 44.3 Å². The number of hydrogen-bond acceptors (Lipinski definition) is 4. The third-order valence-corrected chi connectivity index (χ3v) is 3.24. The Morgan fingerprint density at radius 1 is 1.39 bits per heavy atom. The summed E-state index contributed by atoms with van der Waals surface area (Å²) in [5, 5.41) is 7.37. The highest BCUT2D eigenvalue weighted by Crippen LogP contribution is 2.27. The van der Waals surface area contributed by atoms with E-state index in [1.54, 1.807) is 0 Å². The fourth-order valence-corrected chi connectivity index (χ4v) is 2.19. The molecule has 0 bridgehead atoms. The number of ether oxygens (including phenoxy) is 1. The van der Waals surface area contributed by atoms with Gasteiger partial charge in [0.15, 0.2) is 0 Å². The maximum absolute atomic E-state index is 6.14. The maximum atomic E-state index is 6.14. The van der Waals surface area contributed by atoms with Crippen LogP contribution in [0.4, 0.5) is 5.69 Å². The molecule has 1 aliphatic heterocycles. The molecule has 0 unspecified atom stereocenters. The lowest BCUT2D eigenvalue weighted by Crippen LogP contribution is -2.45. The standard InChI is InChI=1S/C13H20ClN3O/c1-2-18-13-4-3-11(9-12(13)14)16-10-17-7-5-15-6-8-17/h3-4,9,15-16H,2,5-8,10H2,1H3.